The lowest BCUT2D eigenvalue weighted by Gasteiger charge is -2.18. The third-order valence-electron chi connectivity index (χ3n) is 6.25. The maximum Gasteiger partial charge on any atom is 0.289 e. The molecule has 0 amide bonds. The lowest BCUT2D eigenvalue weighted by atomic mass is 9.91. The van der Waals surface area contributed by atoms with Gasteiger partial charge >= 0.3 is 0 Å². The number of nitrogens with zero attached hydrogens (tertiary/aromatic N) is 4. The van der Waals surface area contributed by atoms with Gasteiger partial charge in [-0.2, -0.15) is 0 Å². The van der Waals surface area contributed by atoms with Crippen molar-refractivity contribution < 1.29 is 14.8 Å². The van der Waals surface area contributed by atoms with Crippen molar-refractivity contribution in [1.82, 2.24) is 9.55 Å². The van der Waals surface area contributed by atoms with E-state index in [9.17, 15) is 14.5 Å². The van der Waals surface area contributed by atoms with E-state index in [0.717, 1.165) is 33.7 Å². The monoisotopic (exact) mass is 471 g/mol. The summed E-state index contributed by atoms with van der Waals surface area (Å²) >= 11 is 0. The molecule has 0 spiro atoms. The number of aryl methyl sites for hydroxylation is 1. The molecule has 9 nitrogen and oxygen atoms in total. The Morgan fingerprint density at radius 1 is 1.11 bits per heavy atom. The number of aliphatic imine (C=N–C) groups is 1. The van der Waals surface area contributed by atoms with Gasteiger partial charge in [0.25, 0.3) is 11.4 Å². The number of imidazole rings is 1. The molecule has 3 heterocycles. The topological polar surface area (TPSA) is 131 Å². The average Bonchev–Trinajstić information content (AvgIpc) is 3.19. The van der Waals surface area contributed by atoms with Crippen molar-refractivity contribution in [1.29, 1.82) is 0 Å². The van der Waals surface area contributed by atoms with Crippen LogP contribution in [0.5, 0.6) is 0 Å². The van der Waals surface area contributed by atoms with Crippen molar-refractivity contribution in [2.24, 2.45) is 23.1 Å². The lowest BCUT2D eigenvalue weighted by molar-refractivity contribution is -0.651. The van der Waals surface area contributed by atoms with Gasteiger partial charge in [-0.1, -0.05) is 37.3 Å². The van der Waals surface area contributed by atoms with Crippen LogP contribution < -0.4 is 10.1 Å². The summed E-state index contributed by atoms with van der Waals surface area (Å²) in [5, 5.41) is 2.92. The Kier molecular flexibility index (Phi) is 6.52. The Hall–Kier alpha value is -4.24. The van der Waals surface area contributed by atoms with Crippen molar-refractivity contribution in [3.05, 3.63) is 87.2 Å². The molecule has 2 N–H and O–H groups in total. The first kappa shape index (κ1) is 23.9. The molecule has 2 aromatic heterocycles. The van der Waals surface area contributed by atoms with Gasteiger partial charge in [-0.3, -0.25) is 14.6 Å². The molecule has 2 aromatic carbocycles. The van der Waals surface area contributed by atoms with Crippen molar-refractivity contribution in [3.8, 4) is 11.4 Å². The van der Waals surface area contributed by atoms with E-state index >= 15 is 0 Å². The number of rotatable bonds is 5. The summed E-state index contributed by atoms with van der Waals surface area (Å²) in [5.41, 5.74) is 4.98. The van der Waals surface area contributed by atoms with Gasteiger partial charge in [0.15, 0.2) is 22.5 Å². The lowest BCUT2D eigenvalue weighted by Crippen LogP contribution is -2.36. The Labute approximate surface area is 201 Å². The smallest absolute Gasteiger partial charge is 0.289 e. The number of ketones is 1. The molecule has 0 saturated heterocycles. The average molecular weight is 472 g/mol. The van der Waals surface area contributed by atoms with E-state index in [0.29, 0.717) is 18.5 Å². The van der Waals surface area contributed by atoms with E-state index in [2.05, 4.69) is 31.9 Å². The zero-order valence-electron chi connectivity index (χ0n) is 19.4. The van der Waals surface area contributed by atoms with E-state index < -0.39 is 5.56 Å². The van der Waals surface area contributed by atoms with E-state index in [1.807, 2.05) is 43.3 Å². The first-order chi connectivity index (χ1) is 16.4. The third-order valence-corrected chi connectivity index (χ3v) is 6.25. The predicted octanol–water partition coefficient (Wildman–Crippen LogP) is 3.49. The molecule has 1 unspecified atom stereocenters. The van der Waals surface area contributed by atoms with Gasteiger partial charge < -0.3 is 10.0 Å². The number of nitrogens with one attached hydrogen (secondary N) is 1. The summed E-state index contributed by atoms with van der Waals surface area (Å²) in [7, 11) is 1.60. The summed E-state index contributed by atoms with van der Waals surface area (Å²) in [6.07, 6.45) is 2.20. The minimum atomic E-state index is -0.439. The minimum absolute atomic E-state index is 0. The fourth-order valence-electron chi connectivity index (χ4n) is 4.60. The van der Waals surface area contributed by atoms with Crippen LogP contribution in [0, 0.1) is 10.8 Å². The molecule has 1 aliphatic heterocycles. The molecule has 0 saturated carbocycles. The first-order valence-electron chi connectivity index (χ1n) is 11.1. The molecular formula is C26H25N5O4. The Balaban J connectivity index is 0.00000289. The van der Waals surface area contributed by atoms with Gasteiger partial charge in [-0.05, 0) is 35.0 Å². The highest BCUT2D eigenvalue weighted by molar-refractivity contribution is 6.08. The number of H-pyrrole nitrogens is 1. The normalized spacial score (nSPS) is 15.5. The molecule has 1 atom stereocenters. The quantitative estimate of drug-likeness (QED) is 0.353. The second-order valence-corrected chi connectivity index (χ2v) is 8.74. The maximum absolute atomic E-state index is 12.2. The number of hydrogen-bond acceptors (Lipinski definition) is 6. The first-order valence-corrected chi connectivity index (χ1v) is 11.1. The van der Waals surface area contributed by atoms with Crippen LogP contribution in [-0.4, -0.2) is 33.1 Å². The number of aromatic amines is 1. The zero-order chi connectivity index (χ0) is 23.8. The largest absolute Gasteiger partial charge is 0.870 e. The van der Waals surface area contributed by atoms with Crippen molar-refractivity contribution in [2.75, 3.05) is 6.54 Å². The molecule has 0 aliphatic carbocycles. The fraction of sp³-hybridized carbons (Fsp3) is 0.231. The van der Waals surface area contributed by atoms with Gasteiger partial charge in [0, 0.05) is 36.9 Å². The third kappa shape index (κ3) is 4.45. The molecule has 1 aliphatic rings. The highest BCUT2D eigenvalue weighted by Crippen LogP contribution is 2.25. The summed E-state index contributed by atoms with van der Waals surface area (Å²) in [6.45, 7) is 2.84. The van der Waals surface area contributed by atoms with E-state index in [-0.39, 0.29) is 29.4 Å². The fourth-order valence-corrected chi connectivity index (χ4v) is 4.60. The summed E-state index contributed by atoms with van der Waals surface area (Å²) in [6, 6.07) is 17.7. The number of carbonyl (C=O) groups excluding carboxylic acids is 1. The highest BCUT2D eigenvalue weighted by Gasteiger charge is 2.26. The van der Waals surface area contributed by atoms with Crippen LogP contribution in [-0.2, 0) is 18.4 Å². The van der Waals surface area contributed by atoms with Crippen molar-refractivity contribution in [3.63, 3.8) is 0 Å². The number of pyridine rings is 1. The van der Waals surface area contributed by atoms with Crippen LogP contribution in [0.4, 0.5) is 5.69 Å². The van der Waals surface area contributed by atoms with Crippen LogP contribution in [0.15, 0.2) is 75.8 Å². The van der Waals surface area contributed by atoms with Gasteiger partial charge in [-0.25, -0.2) is 9.55 Å². The number of carbonyl (C=O) groups is 1. The standard InChI is InChI=1S/C26H23N5O3.H2O/c1-16-10-20(32)13-27-24(16)18-8-9-23-21(11-18)28-25(31(23)14-17-6-4-3-5-7-17)19-12-22(29-34)26(33)30(2)15-19;/h3-9,11-12,15-16H,10,13-14H2,1-2H3;1H2. The van der Waals surface area contributed by atoms with Gasteiger partial charge in [-0.15, -0.1) is 4.91 Å². The molecule has 0 bridgehead atoms. The molecule has 4 aromatic rings. The second kappa shape index (κ2) is 9.55. The van der Waals surface area contributed by atoms with Crippen LogP contribution in [0.1, 0.15) is 24.5 Å². The number of aromatic nitrogens is 3. The summed E-state index contributed by atoms with van der Waals surface area (Å²) in [4.78, 5) is 43.3. The van der Waals surface area contributed by atoms with E-state index in [4.69, 9.17) is 0 Å². The molecular weight excluding hydrogens is 446 g/mol. The minimum Gasteiger partial charge on any atom is -0.870 e. The van der Waals surface area contributed by atoms with Gasteiger partial charge in [0.05, 0.1) is 12.1 Å². The predicted molar refractivity (Wildman–Crippen MR) is 132 cm³/mol. The van der Waals surface area contributed by atoms with E-state index in [1.165, 1.54) is 10.6 Å². The summed E-state index contributed by atoms with van der Waals surface area (Å²) in [5.74, 6) is 0.981. The Morgan fingerprint density at radius 3 is 2.60 bits per heavy atom. The Bertz CT molecular complexity index is 1520. The Morgan fingerprint density at radius 2 is 1.89 bits per heavy atom. The van der Waals surface area contributed by atoms with Crippen molar-refractivity contribution >= 4 is 28.2 Å². The van der Waals surface area contributed by atoms with Crippen LogP contribution in [0.3, 0.4) is 0 Å². The number of benzene rings is 2. The molecule has 0 radical (unpaired) electrons. The maximum atomic E-state index is 12.2. The van der Waals surface area contributed by atoms with Crippen LogP contribution in [0.2, 0.25) is 0 Å². The second-order valence-electron chi connectivity index (χ2n) is 8.74. The van der Waals surface area contributed by atoms with Gasteiger partial charge in [0.2, 0.25) is 0 Å². The van der Waals surface area contributed by atoms with Gasteiger partial charge in [0.1, 0.15) is 6.54 Å². The number of hydrogen-bond donors (Lipinski definition) is 1. The molecule has 0 fully saturated rings. The molecule has 35 heavy (non-hydrogen) atoms. The molecule has 5 rings (SSSR count). The number of Topliss-reactive ketones (excluding diaryl/α,β-unsaturated/α-hetero) is 1. The summed E-state index contributed by atoms with van der Waals surface area (Å²) < 4.78 is 3.49. The molecule has 9 heteroatoms. The SMILES string of the molecule is CC1CC(=O)CN=C1c1ccc2c(c1)[nH]c(-c1cc(N=O)c(=O)n(C)c1)[n+]2Cc1ccccc1.[OH-]. The van der Waals surface area contributed by atoms with Crippen LogP contribution in [0.25, 0.3) is 22.4 Å². The van der Waals surface area contributed by atoms with Crippen LogP contribution >= 0.6 is 0 Å². The highest BCUT2D eigenvalue weighted by atomic mass is 16.3. The number of fused-ring (bicyclic) bond motifs is 1. The molecule has 178 valence electrons. The van der Waals surface area contributed by atoms with Crippen molar-refractivity contribution in [2.45, 2.75) is 19.9 Å². The zero-order valence-corrected chi connectivity index (χ0v) is 19.4. The number of nitroso groups, excluding NO2 is 1. The van der Waals surface area contributed by atoms with E-state index in [1.54, 1.807) is 13.2 Å².